The van der Waals surface area contributed by atoms with Crippen molar-refractivity contribution in [2.75, 3.05) is 6.61 Å². The van der Waals surface area contributed by atoms with Gasteiger partial charge in [-0.3, -0.25) is 4.79 Å². The highest BCUT2D eigenvalue weighted by molar-refractivity contribution is 9.10. The Hall–Kier alpha value is -2.41. The minimum absolute atomic E-state index is 0.00649. The molecule has 0 fully saturated rings. The van der Waals surface area contributed by atoms with E-state index in [2.05, 4.69) is 26.5 Å². The highest BCUT2D eigenvalue weighted by Crippen LogP contribution is 2.22. The quantitative estimate of drug-likeness (QED) is 0.617. The van der Waals surface area contributed by atoms with E-state index in [4.69, 9.17) is 4.74 Å². The number of benzene rings is 2. The Bertz CT molecular complexity index is 750. The smallest absolute Gasteiger partial charge is 0.277 e. The second-order valence-corrected chi connectivity index (χ2v) is 5.53. The molecule has 2 aromatic rings. The van der Waals surface area contributed by atoms with E-state index in [1.54, 1.807) is 25.1 Å². The van der Waals surface area contributed by atoms with Crippen molar-refractivity contribution >= 4 is 27.5 Å². The number of nitrogens with zero attached hydrogens (tertiary/aromatic N) is 1. The number of hydrogen-bond acceptors (Lipinski definition) is 4. The molecule has 0 saturated carbocycles. The fraction of sp³-hybridized carbons (Fsp3) is 0.125. The van der Waals surface area contributed by atoms with E-state index in [-0.39, 0.29) is 18.1 Å². The first-order valence-corrected chi connectivity index (χ1v) is 7.46. The average Bonchev–Trinajstić information content (AvgIpc) is 2.54. The molecule has 120 valence electrons. The molecule has 2 rings (SSSR count). The first-order chi connectivity index (χ1) is 11.0. The van der Waals surface area contributed by atoms with Gasteiger partial charge in [0.25, 0.3) is 5.91 Å². The summed E-state index contributed by atoms with van der Waals surface area (Å²) in [5.74, 6) is -1.04. The van der Waals surface area contributed by atoms with E-state index in [1.807, 2.05) is 0 Å². The molecule has 23 heavy (non-hydrogen) atoms. The SMILES string of the molecule is C/C(=N\NC(=O)COc1ccccc1F)c1cc(Br)ccc1O. The van der Waals surface area contributed by atoms with E-state index in [0.717, 1.165) is 4.47 Å². The fourth-order valence-electron chi connectivity index (χ4n) is 1.74. The minimum atomic E-state index is -0.543. The Morgan fingerprint density at radius 1 is 1.35 bits per heavy atom. The largest absolute Gasteiger partial charge is 0.507 e. The summed E-state index contributed by atoms with van der Waals surface area (Å²) in [6.07, 6.45) is 0. The van der Waals surface area contributed by atoms with Gasteiger partial charge in [0.05, 0.1) is 5.71 Å². The third-order valence-corrected chi connectivity index (χ3v) is 3.39. The Balaban J connectivity index is 1.95. The lowest BCUT2D eigenvalue weighted by Gasteiger charge is -2.07. The topological polar surface area (TPSA) is 70.9 Å². The summed E-state index contributed by atoms with van der Waals surface area (Å²) in [5, 5.41) is 13.7. The van der Waals surface area contributed by atoms with Crippen LogP contribution in [0, 0.1) is 5.82 Å². The lowest BCUT2D eigenvalue weighted by Crippen LogP contribution is -2.25. The number of hydrazone groups is 1. The highest BCUT2D eigenvalue weighted by atomic mass is 79.9. The van der Waals surface area contributed by atoms with E-state index < -0.39 is 11.7 Å². The molecule has 2 N–H and O–H groups in total. The van der Waals surface area contributed by atoms with Gasteiger partial charge in [-0.15, -0.1) is 0 Å². The van der Waals surface area contributed by atoms with Crippen LogP contribution < -0.4 is 10.2 Å². The summed E-state index contributed by atoms with van der Waals surface area (Å²) in [5.41, 5.74) is 3.19. The Labute approximate surface area is 140 Å². The number of carbonyl (C=O) groups excluding carboxylic acids is 1. The van der Waals surface area contributed by atoms with Crippen LogP contribution in [0.5, 0.6) is 11.5 Å². The van der Waals surface area contributed by atoms with Crippen LogP contribution in [0.1, 0.15) is 12.5 Å². The van der Waals surface area contributed by atoms with Crippen LogP contribution in [-0.4, -0.2) is 23.3 Å². The van der Waals surface area contributed by atoms with Crippen molar-refractivity contribution < 1.29 is 19.0 Å². The number of carbonyl (C=O) groups is 1. The summed E-state index contributed by atoms with van der Waals surface area (Å²) >= 11 is 3.29. The Morgan fingerprint density at radius 3 is 2.83 bits per heavy atom. The number of amides is 1. The second-order valence-electron chi connectivity index (χ2n) is 4.61. The molecule has 0 aliphatic carbocycles. The number of nitrogens with one attached hydrogen (secondary N) is 1. The van der Waals surface area contributed by atoms with Gasteiger partial charge in [0.2, 0.25) is 0 Å². The lowest BCUT2D eigenvalue weighted by atomic mass is 10.1. The minimum Gasteiger partial charge on any atom is -0.507 e. The maximum atomic E-state index is 13.3. The molecule has 0 aliphatic heterocycles. The zero-order valence-electron chi connectivity index (χ0n) is 12.2. The summed E-state index contributed by atoms with van der Waals surface area (Å²) in [4.78, 5) is 11.7. The lowest BCUT2D eigenvalue weighted by molar-refractivity contribution is -0.123. The molecule has 0 atom stereocenters. The molecule has 5 nitrogen and oxygen atoms in total. The van der Waals surface area contributed by atoms with Crippen molar-refractivity contribution in [3.05, 3.63) is 58.3 Å². The molecule has 0 unspecified atom stereocenters. The van der Waals surface area contributed by atoms with Crippen LogP contribution in [0.2, 0.25) is 0 Å². The first-order valence-electron chi connectivity index (χ1n) is 6.66. The third-order valence-electron chi connectivity index (χ3n) is 2.89. The van der Waals surface area contributed by atoms with E-state index in [0.29, 0.717) is 11.3 Å². The molecule has 0 radical (unpaired) electrons. The first kappa shape index (κ1) is 17.0. The van der Waals surface area contributed by atoms with Gasteiger partial charge in [0.15, 0.2) is 18.2 Å². The Kier molecular flexibility index (Phi) is 5.70. The average molecular weight is 381 g/mol. The van der Waals surface area contributed by atoms with Gasteiger partial charge in [-0.25, -0.2) is 9.82 Å². The molecule has 0 bridgehead atoms. The molecule has 0 aromatic heterocycles. The Morgan fingerprint density at radius 2 is 2.09 bits per heavy atom. The number of ether oxygens (including phenoxy) is 1. The summed E-state index contributed by atoms with van der Waals surface area (Å²) in [7, 11) is 0. The molecule has 0 spiro atoms. The van der Waals surface area contributed by atoms with Gasteiger partial charge in [-0.05, 0) is 37.3 Å². The van der Waals surface area contributed by atoms with Crippen molar-refractivity contribution in [3.63, 3.8) is 0 Å². The highest BCUT2D eigenvalue weighted by Gasteiger charge is 2.08. The zero-order chi connectivity index (χ0) is 16.8. The van der Waals surface area contributed by atoms with Gasteiger partial charge in [-0.1, -0.05) is 28.1 Å². The van der Waals surface area contributed by atoms with Crippen molar-refractivity contribution in [1.82, 2.24) is 5.43 Å². The van der Waals surface area contributed by atoms with Crippen LogP contribution >= 0.6 is 15.9 Å². The molecule has 0 heterocycles. The van der Waals surface area contributed by atoms with E-state index in [1.165, 1.54) is 24.3 Å². The van der Waals surface area contributed by atoms with Crippen LogP contribution in [0.15, 0.2) is 52.0 Å². The van der Waals surface area contributed by atoms with Crippen LogP contribution in [0.25, 0.3) is 0 Å². The number of aromatic hydroxyl groups is 1. The number of phenols is 1. The van der Waals surface area contributed by atoms with Crippen molar-refractivity contribution in [1.29, 1.82) is 0 Å². The number of hydrogen-bond donors (Lipinski definition) is 2. The molecule has 0 aliphatic rings. The van der Waals surface area contributed by atoms with E-state index in [9.17, 15) is 14.3 Å². The summed E-state index contributed by atoms with van der Waals surface area (Å²) in [6.45, 7) is 1.27. The standard InChI is InChI=1S/C16H14BrFN2O3/c1-10(12-8-11(17)6-7-14(12)21)19-20-16(22)9-23-15-5-3-2-4-13(15)18/h2-8,21H,9H2,1H3,(H,20,22)/b19-10+. The normalized spacial score (nSPS) is 11.2. The third kappa shape index (κ3) is 4.79. The molecule has 7 heteroatoms. The van der Waals surface area contributed by atoms with Crippen molar-refractivity contribution in [2.24, 2.45) is 5.10 Å². The van der Waals surface area contributed by atoms with Crippen LogP contribution in [0.4, 0.5) is 4.39 Å². The number of para-hydroxylation sites is 1. The number of phenolic OH excluding ortho intramolecular Hbond substituents is 1. The van der Waals surface area contributed by atoms with Crippen LogP contribution in [0.3, 0.4) is 0 Å². The molecule has 0 saturated heterocycles. The predicted octanol–water partition coefficient (Wildman–Crippen LogP) is 3.21. The summed E-state index contributed by atoms with van der Waals surface area (Å²) < 4.78 is 19.2. The van der Waals surface area contributed by atoms with Gasteiger partial charge in [0.1, 0.15) is 5.75 Å². The van der Waals surface area contributed by atoms with E-state index >= 15 is 0 Å². The maximum Gasteiger partial charge on any atom is 0.277 e. The molecular formula is C16H14BrFN2O3. The zero-order valence-corrected chi connectivity index (χ0v) is 13.8. The van der Waals surface area contributed by atoms with Crippen LogP contribution in [-0.2, 0) is 4.79 Å². The molecule has 1 amide bonds. The van der Waals surface area contributed by atoms with Gasteiger partial charge in [0, 0.05) is 10.0 Å². The van der Waals surface area contributed by atoms with Gasteiger partial charge >= 0.3 is 0 Å². The van der Waals surface area contributed by atoms with Gasteiger partial charge < -0.3 is 9.84 Å². The monoisotopic (exact) mass is 380 g/mol. The number of halogens is 2. The second kappa shape index (κ2) is 7.73. The van der Waals surface area contributed by atoms with Crippen molar-refractivity contribution in [3.8, 4) is 11.5 Å². The molecular weight excluding hydrogens is 367 g/mol. The number of rotatable bonds is 5. The predicted molar refractivity (Wildman–Crippen MR) is 88.1 cm³/mol. The summed E-state index contributed by atoms with van der Waals surface area (Å²) in [6, 6.07) is 10.7. The maximum absolute atomic E-state index is 13.3. The van der Waals surface area contributed by atoms with Gasteiger partial charge in [-0.2, -0.15) is 5.10 Å². The van der Waals surface area contributed by atoms with Crippen molar-refractivity contribution in [2.45, 2.75) is 6.92 Å². The fourth-order valence-corrected chi connectivity index (χ4v) is 2.10. The molecule has 2 aromatic carbocycles.